The molecule has 0 bridgehead atoms. The minimum Gasteiger partial charge on any atom is -0.352 e. The highest BCUT2D eigenvalue weighted by molar-refractivity contribution is 5.79. The van der Waals surface area contributed by atoms with Crippen molar-refractivity contribution in [3.63, 3.8) is 0 Å². The first kappa shape index (κ1) is 15.0. The summed E-state index contributed by atoms with van der Waals surface area (Å²) in [4.78, 5) is 14.3. The van der Waals surface area contributed by atoms with Crippen molar-refractivity contribution in [3.8, 4) is 0 Å². The molecule has 1 fully saturated rings. The Morgan fingerprint density at radius 1 is 1.35 bits per heavy atom. The van der Waals surface area contributed by atoms with E-state index in [-0.39, 0.29) is 11.8 Å². The van der Waals surface area contributed by atoms with Crippen LogP contribution in [0.3, 0.4) is 0 Å². The van der Waals surface area contributed by atoms with Crippen LogP contribution in [0.15, 0.2) is 24.3 Å². The van der Waals surface area contributed by atoms with Crippen LogP contribution in [0.4, 0.5) is 0 Å². The van der Waals surface area contributed by atoms with Gasteiger partial charge in [0.25, 0.3) is 0 Å². The summed E-state index contributed by atoms with van der Waals surface area (Å²) in [6.07, 6.45) is 2.09. The number of benzene rings is 1. The zero-order chi connectivity index (χ0) is 14.4. The number of hydrogen-bond acceptors (Lipinski definition) is 3. The molecule has 20 heavy (non-hydrogen) atoms. The topological polar surface area (TPSA) is 44.4 Å². The summed E-state index contributed by atoms with van der Waals surface area (Å²) < 4.78 is 0. The van der Waals surface area contributed by atoms with Gasteiger partial charge in [0.1, 0.15) is 0 Å². The van der Waals surface area contributed by atoms with Gasteiger partial charge in [-0.15, -0.1) is 0 Å². The number of hydrogen-bond donors (Lipinski definition) is 2. The molecule has 1 amide bonds. The molecule has 110 valence electrons. The SMILES string of the molecule is CN(C)Cc1ccccc1CNC(=O)C1CCCNC1. The lowest BCUT2D eigenvalue weighted by atomic mass is 9.98. The van der Waals surface area contributed by atoms with Gasteiger partial charge in [0, 0.05) is 19.6 Å². The molecule has 4 heteroatoms. The number of nitrogens with zero attached hydrogens (tertiary/aromatic N) is 1. The van der Waals surface area contributed by atoms with E-state index in [1.165, 1.54) is 11.1 Å². The average molecular weight is 275 g/mol. The van der Waals surface area contributed by atoms with Crippen LogP contribution in [0.2, 0.25) is 0 Å². The summed E-state index contributed by atoms with van der Waals surface area (Å²) in [5.41, 5.74) is 2.48. The second-order valence-corrected chi connectivity index (χ2v) is 5.77. The van der Waals surface area contributed by atoms with E-state index in [0.717, 1.165) is 32.5 Å². The fourth-order valence-electron chi connectivity index (χ4n) is 2.63. The maximum absolute atomic E-state index is 12.1. The third-order valence-corrected chi connectivity index (χ3v) is 3.73. The molecule has 0 aliphatic carbocycles. The van der Waals surface area contributed by atoms with Gasteiger partial charge in [-0.1, -0.05) is 24.3 Å². The van der Waals surface area contributed by atoms with Crippen LogP contribution >= 0.6 is 0 Å². The normalized spacial score (nSPS) is 19.1. The van der Waals surface area contributed by atoms with Gasteiger partial charge < -0.3 is 15.5 Å². The number of carbonyl (C=O) groups excluding carboxylic acids is 1. The maximum atomic E-state index is 12.1. The fraction of sp³-hybridized carbons (Fsp3) is 0.562. The largest absolute Gasteiger partial charge is 0.352 e. The Balaban J connectivity index is 1.91. The molecule has 1 aliphatic rings. The Bertz CT molecular complexity index is 439. The lowest BCUT2D eigenvalue weighted by molar-refractivity contribution is -0.125. The molecule has 1 aromatic carbocycles. The molecule has 0 spiro atoms. The van der Waals surface area contributed by atoms with Crippen molar-refractivity contribution in [1.29, 1.82) is 0 Å². The number of piperidine rings is 1. The molecule has 2 rings (SSSR count). The number of carbonyl (C=O) groups is 1. The van der Waals surface area contributed by atoms with Crippen molar-refractivity contribution in [1.82, 2.24) is 15.5 Å². The zero-order valence-corrected chi connectivity index (χ0v) is 12.5. The van der Waals surface area contributed by atoms with E-state index >= 15 is 0 Å². The monoisotopic (exact) mass is 275 g/mol. The van der Waals surface area contributed by atoms with Gasteiger partial charge in [-0.2, -0.15) is 0 Å². The minimum atomic E-state index is 0.129. The molecule has 0 radical (unpaired) electrons. The summed E-state index contributed by atoms with van der Waals surface area (Å²) in [7, 11) is 4.12. The van der Waals surface area contributed by atoms with Gasteiger partial charge in [-0.3, -0.25) is 4.79 Å². The predicted molar refractivity (Wildman–Crippen MR) is 81.3 cm³/mol. The standard InChI is InChI=1S/C16H25N3O/c1-19(2)12-15-7-4-3-6-13(15)11-18-16(20)14-8-5-9-17-10-14/h3-4,6-7,14,17H,5,8-12H2,1-2H3,(H,18,20). The van der Waals surface area contributed by atoms with Crippen LogP contribution in [0.25, 0.3) is 0 Å². The molecule has 0 saturated carbocycles. The zero-order valence-electron chi connectivity index (χ0n) is 12.5. The molecule has 1 aliphatic heterocycles. The highest BCUT2D eigenvalue weighted by Crippen LogP contribution is 2.13. The molecule has 4 nitrogen and oxygen atoms in total. The van der Waals surface area contributed by atoms with E-state index in [4.69, 9.17) is 0 Å². The van der Waals surface area contributed by atoms with Gasteiger partial charge in [-0.05, 0) is 44.6 Å². The molecule has 1 unspecified atom stereocenters. The first-order chi connectivity index (χ1) is 9.66. The highest BCUT2D eigenvalue weighted by Gasteiger charge is 2.20. The van der Waals surface area contributed by atoms with Crippen LogP contribution in [0, 0.1) is 5.92 Å². The molecular formula is C16H25N3O. The quantitative estimate of drug-likeness (QED) is 0.853. The lowest BCUT2D eigenvalue weighted by Gasteiger charge is -2.22. The van der Waals surface area contributed by atoms with Crippen LogP contribution in [0.5, 0.6) is 0 Å². The molecule has 2 N–H and O–H groups in total. The Morgan fingerprint density at radius 2 is 2.10 bits per heavy atom. The van der Waals surface area contributed by atoms with Crippen molar-refractivity contribution in [2.24, 2.45) is 5.92 Å². The van der Waals surface area contributed by atoms with E-state index in [0.29, 0.717) is 6.54 Å². The van der Waals surface area contributed by atoms with Crippen LogP contribution in [-0.2, 0) is 17.9 Å². The summed E-state index contributed by atoms with van der Waals surface area (Å²) in [6, 6.07) is 8.31. The number of nitrogens with one attached hydrogen (secondary N) is 2. The maximum Gasteiger partial charge on any atom is 0.224 e. The molecule has 1 saturated heterocycles. The first-order valence-corrected chi connectivity index (χ1v) is 7.37. The number of amides is 1. The Kier molecular flexibility index (Phi) is 5.56. The van der Waals surface area contributed by atoms with Gasteiger partial charge in [0.05, 0.1) is 5.92 Å². The van der Waals surface area contributed by atoms with Crippen LogP contribution < -0.4 is 10.6 Å². The second-order valence-electron chi connectivity index (χ2n) is 5.77. The average Bonchev–Trinajstić information content (AvgIpc) is 2.46. The smallest absolute Gasteiger partial charge is 0.224 e. The summed E-state index contributed by atoms with van der Waals surface area (Å²) in [5, 5.41) is 6.37. The van der Waals surface area contributed by atoms with Gasteiger partial charge >= 0.3 is 0 Å². The second kappa shape index (κ2) is 7.41. The number of rotatable bonds is 5. The third-order valence-electron chi connectivity index (χ3n) is 3.73. The van der Waals surface area contributed by atoms with E-state index in [1.54, 1.807) is 0 Å². The van der Waals surface area contributed by atoms with Crippen molar-refractivity contribution in [2.75, 3.05) is 27.2 Å². The third kappa shape index (κ3) is 4.32. The summed E-state index contributed by atoms with van der Waals surface area (Å²) in [5.74, 6) is 0.307. The highest BCUT2D eigenvalue weighted by atomic mass is 16.1. The first-order valence-electron chi connectivity index (χ1n) is 7.37. The van der Waals surface area contributed by atoms with Gasteiger partial charge in [0.2, 0.25) is 5.91 Å². The van der Waals surface area contributed by atoms with Gasteiger partial charge in [0.15, 0.2) is 0 Å². The van der Waals surface area contributed by atoms with Crippen LogP contribution in [0.1, 0.15) is 24.0 Å². The lowest BCUT2D eigenvalue weighted by Crippen LogP contribution is -2.40. The van der Waals surface area contributed by atoms with E-state index in [2.05, 4.69) is 47.8 Å². The molecular weight excluding hydrogens is 250 g/mol. The van der Waals surface area contributed by atoms with Crippen molar-refractivity contribution in [3.05, 3.63) is 35.4 Å². The van der Waals surface area contributed by atoms with E-state index in [1.807, 2.05) is 6.07 Å². The molecule has 1 heterocycles. The summed E-state index contributed by atoms with van der Waals surface area (Å²) >= 11 is 0. The fourth-order valence-corrected chi connectivity index (χ4v) is 2.63. The Labute approximate surface area is 121 Å². The van der Waals surface area contributed by atoms with Gasteiger partial charge in [-0.25, -0.2) is 0 Å². The van der Waals surface area contributed by atoms with Crippen molar-refractivity contribution in [2.45, 2.75) is 25.9 Å². The molecule has 0 aromatic heterocycles. The van der Waals surface area contributed by atoms with Crippen LogP contribution in [-0.4, -0.2) is 38.0 Å². The molecule has 1 atom stereocenters. The van der Waals surface area contributed by atoms with E-state index in [9.17, 15) is 4.79 Å². The Morgan fingerprint density at radius 3 is 2.75 bits per heavy atom. The van der Waals surface area contributed by atoms with E-state index < -0.39 is 0 Å². The van der Waals surface area contributed by atoms with Crippen molar-refractivity contribution >= 4 is 5.91 Å². The predicted octanol–water partition coefficient (Wildman–Crippen LogP) is 1.36. The Hall–Kier alpha value is -1.39. The van der Waals surface area contributed by atoms with Crippen molar-refractivity contribution < 1.29 is 4.79 Å². The minimum absolute atomic E-state index is 0.129. The molecule has 1 aromatic rings. The summed E-state index contributed by atoms with van der Waals surface area (Å²) in [6.45, 7) is 3.37.